The van der Waals surface area contributed by atoms with Gasteiger partial charge in [-0.15, -0.1) is 0 Å². The number of aromatic amines is 1. The fourth-order valence-electron chi connectivity index (χ4n) is 1.44. The van der Waals surface area contributed by atoms with Crippen molar-refractivity contribution in [2.75, 3.05) is 0 Å². The molecule has 0 aliphatic carbocycles. The molecule has 0 saturated heterocycles. The Labute approximate surface area is 93.2 Å². The van der Waals surface area contributed by atoms with Gasteiger partial charge in [0.15, 0.2) is 0 Å². The number of H-pyrrole nitrogens is 1. The summed E-state index contributed by atoms with van der Waals surface area (Å²) in [7, 11) is 0. The molecule has 0 aliphatic rings. The van der Waals surface area contributed by atoms with E-state index in [1.807, 2.05) is 32.3 Å². The highest BCUT2D eigenvalue weighted by atomic mass is 32.1. The standard InChI is InChI=1S/C11H11N3S/c1-7-3-9(6-12-5-7)10-4-11(15)14-8(2)13-10/h3-6H,1-2H3,(H,13,14,15). The van der Waals surface area contributed by atoms with Gasteiger partial charge in [0, 0.05) is 18.0 Å². The molecule has 3 nitrogen and oxygen atoms in total. The Morgan fingerprint density at radius 1 is 1.20 bits per heavy atom. The molecule has 0 amide bonds. The Morgan fingerprint density at radius 2 is 2.00 bits per heavy atom. The molecule has 0 spiro atoms. The summed E-state index contributed by atoms with van der Waals surface area (Å²) in [5, 5.41) is 0. The van der Waals surface area contributed by atoms with Crippen LogP contribution in [0.3, 0.4) is 0 Å². The maximum Gasteiger partial charge on any atom is 0.130 e. The van der Waals surface area contributed by atoms with Crippen molar-refractivity contribution >= 4 is 12.2 Å². The summed E-state index contributed by atoms with van der Waals surface area (Å²) in [5.74, 6) is 0.819. The SMILES string of the molecule is Cc1cncc(-c2cc(=S)nc(C)[nH]2)c1. The first-order chi connectivity index (χ1) is 7.15. The van der Waals surface area contributed by atoms with Gasteiger partial charge in [-0.3, -0.25) is 4.98 Å². The van der Waals surface area contributed by atoms with Crippen molar-refractivity contribution in [2.24, 2.45) is 0 Å². The average molecular weight is 217 g/mol. The van der Waals surface area contributed by atoms with Crippen molar-refractivity contribution < 1.29 is 0 Å². The molecule has 0 aliphatic heterocycles. The van der Waals surface area contributed by atoms with E-state index in [9.17, 15) is 0 Å². The number of aromatic nitrogens is 3. The maximum atomic E-state index is 5.07. The fraction of sp³-hybridized carbons (Fsp3) is 0.182. The van der Waals surface area contributed by atoms with Crippen LogP contribution in [0, 0.1) is 18.5 Å². The van der Waals surface area contributed by atoms with Gasteiger partial charge < -0.3 is 4.98 Å². The largest absolute Gasteiger partial charge is 0.343 e. The average Bonchev–Trinajstić information content (AvgIpc) is 2.16. The second kappa shape index (κ2) is 3.90. The molecule has 2 aromatic heterocycles. The summed E-state index contributed by atoms with van der Waals surface area (Å²) in [6.07, 6.45) is 3.64. The monoisotopic (exact) mass is 217 g/mol. The molecule has 2 rings (SSSR count). The minimum atomic E-state index is 0.600. The zero-order valence-corrected chi connectivity index (χ0v) is 9.43. The van der Waals surface area contributed by atoms with E-state index in [1.54, 1.807) is 0 Å². The van der Waals surface area contributed by atoms with Crippen molar-refractivity contribution in [2.45, 2.75) is 13.8 Å². The van der Waals surface area contributed by atoms with E-state index in [4.69, 9.17) is 12.2 Å². The topological polar surface area (TPSA) is 41.6 Å². The predicted octanol–water partition coefficient (Wildman–Crippen LogP) is 2.82. The molecule has 0 radical (unpaired) electrons. The lowest BCUT2D eigenvalue weighted by Crippen LogP contribution is -1.92. The van der Waals surface area contributed by atoms with Crippen LogP contribution < -0.4 is 0 Å². The lowest BCUT2D eigenvalue weighted by molar-refractivity contribution is 1.04. The van der Waals surface area contributed by atoms with Gasteiger partial charge in [0.05, 0.1) is 5.69 Å². The number of hydrogen-bond donors (Lipinski definition) is 1. The van der Waals surface area contributed by atoms with Crippen molar-refractivity contribution in [3.05, 3.63) is 40.6 Å². The minimum Gasteiger partial charge on any atom is -0.343 e. The third kappa shape index (κ3) is 2.27. The minimum absolute atomic E-state index is 0.600. The van der Waals surface area contributed by atoms with Gasteiger partial charge in [0.25, 0.3) is 0 Å². The van der Waals surface area contributed by atoms with Crippen LogP contribution in [0.15, 0.2) is 24.5 Å². The molecule has 0 saturated carbocycles. The highest BCUT2D eigenvalue weighted by molar-refractivity contribution is 7.71. The van der Waals surface area contributed by atoms with Gasteiger partial charge in [0.2, 0.25) is 0 Å². The van der Waals surface area contributed by atoms with E-state index >= 15 is 0 Å². The van der Waals surface area contributed by atoms with Crippen LogP contribution in [0.2, 0.25) is 0 Å². The molecular weight excluding hydrogens is 206 g/mol. The molecule has 2 aromatic rings. The van der Waals surface area contributed by atoms with E-state index in [2.05, 4.69) is 21.0 Å². The number of aryl methyl sites for hydroxylation is 2. The van der Waals surface area contributed by atoms with E-state index < -0.39 is 0 Å². The quantitative estimate of drug-likeness (QED) is 0.747. The molecule has 2 heterocycles. The third-order valence-electron chi connectivity index (χ3n) is 2.05. The van der Waals surface area contributed by atoms with Crippen molar-refractivity contribution in [3.8, 4) is 11.3 Å². The van der Waals surface area contributed by atoms with Gasteiger partial charge in [-0.2, -0.15) is 0 Å². The summed E-state index contributed by atoms with van der Waals surface area (Å²) in [6, 6.07) is 3.91. The molecule has 0 unspecified atom stereocenters. The second-order valence-electron chi connectivity index (χ2n) is 3.47. The Hall–Kier alpha value is -1.55. The zero-order valence-electron chi connectivity index (χ0n) is 8.61. The Morgan fingerprint density at radius 3 is 2.67 bits per heavy atom. The van der Waals surface area contributed by atoms with Crippen molar-refractivity contribution in [1.82, 2.24) is 15.0 Å². The molecule has 15 heavy (non-hydrogen) atoms. The normalized spacial score (nSPS) is 10.3. The van der Waals surface area contributed by atoms with Crippen molar-refractivity contribution in [3.63, 3.8) is 0 Å². The zero-order chi connectivity index (χ0) is 10.8. The smallest absolute Gasteiger partial charge is 0.130 e. The number of hydrogen-bond acceptors (Lipinski definition) is 3. The van der Waals surface area contributed by atoms with Crippen LogP contribution >= 0.6 is 12.2 Å². The number of rotatable bonds is 1. The molecule has 76 valence electrons. The first kappa shape index (κ1) is 9.98. The van der Waals surface area contributed by atoms with Crippen LogP contribution in [0.5, 0.6) is 0 Å². The highest BCUT2D eigenvalue weighted by Crippen LogP contribution is 2.16. The molecule has 0 aromatic carbocycles. The summed E-state index contributed by atoms with van der Waals surface area (Å²) in [5.41, 5.74) is 3.12. The summed E-state index contributed by atoms with van der Waals surface area (Å²) < 4.78 is 0.600. The van der Waals surface area contributed by atoms with Gasteiger partial charge in [-0.05, 0) is 31.5 Å². The molecule has 0 fully saturated rings. The lowest BCUT2D eigenvalue weighted by atomic mass is 10.1. The highest BCUT2D eigenvalue weighted by Gasteiger charge is 2.00. The summed E-state index contributed by atoms with van der Waals surface area (Å²) >= 11 is 5.07. The predicted molar refractivity (Wildman–Crippen MR) is 62.1 cm³/mol. The maximum absolute atomic E-state index is 5.07. The first-order valence-electron chi connectivity index (χ1n) is 4.65. The van der Waals surface area contributed by atoms with E-state index in [1.165, 1.54) is 0 Å². The van der Waals surface area contributed by atoms with Crippen LogP contribution in [-0.2, 0) is 0 Å². The van der Waals surface area contributed by atoms with E-state index in [0.29, 0.717) is 4.64 Å². The third-order valence-corrected chi connectivity index (χ3v) is 2.26. The molecule has 1 N–H and O–H groups in total. The number of nitrogens with one attached hydrogen (secondary N) is 1. The van der Waals surface area contributed by atoms with Crippen LogP contribution in [0.4, 0.5) is 0 Å². The Kier molecular flexibility index (Phi) is 2.60. The summed E-state index contributed by atoms with van der Waals surface area (Å²) in [6.45, 7) is 3.90. The van der Waals surface area contributed by atoms with E-state index in [-0.39, 0.29) is 0 Å². The van der Waals surface area contributed by atoms with Gasteiger partial charge >= 0.3 is 0 Å². The Balaban J connectivity index is 2.59. The lowest BCUT2D eigenvalue weighted by Gasteiger charge is -2.03. The van der Waals surface area contributed by atoms with Gasteiger partial charge in [-0.1, -0.05) is 12.2 Å². The summed E-state index contributed by atoms with van der Waals surface area (Å²) in [4.78, 5) is 11.4. The first-order valence-corrected chi connectivity index (χ1v) is 5.06. The van der Waals surface area contributed by atoms with Crippen LogP contribution in [-0.4, -0.2) is 15.0 Å². The van der Waals surface area contributed by atoms with Gasteiger partial charge in [-0.25, -0.2) is 4.98 Å². The molecular formula is C11H11N3S. The van der Waals surface area contributed by atoms with E-state index in [0.717, 1.165) is 22.6 Å². The van der Waals surface area contributed by atoms with Crippen molar-refractivity contribution in [1.29, 1.82) is 0 Å². The number of nitrogens with zero attached hydrogens (tertiary/aromatic N) is 2. The van der Waals surface area contributed by atoms with Gasteiger partial charge in [0.1, 0.15) is 10.5 Å². The second-order valence-corrected chi connectivity index (χ2v) is 3.89. The fourth-order valence-corrected chi connectivity index (χ4v) is 1.69. The molecule has 4 heteroatoms. The van der Waals surface area contributed by atoms with Crippen LogP contribution in [0.25, 0.3) is 11.3 Å². The Bertz CT molecular complexity index is 546. The molecule has 0 bridgehead atoms. The molecule has 0 atom stereocenters. The number of pyridine rings is 1. The van der Waals surface area contributed by atoms with Crippen LogP contribution in [0.1, 0.15) is 11.4 Å².